The van der Waals surface area contributed by atoms with E-state index in [0.29, 0.717) is 5.75 Å². The van der Waals surface area contributed by atoms with E-state index in [9.17, 15) is 4.39 Å². The van der Waals surface area contributed by atoms with Crippen molar-refractivity contribution < 1.29 is 14.2 Å². The molecule has 1 N–H and O–H groups in total. The minimum Gasteiger partial charge on any atom is -0.436 e. The summed E-state index contributed by atoms with van der Waals surface area (Å²) >= 11 is 0. The molecule has 1 aromatic heterocycles. The molecule has 0 aliphatic carbocycles. The molecule has 1 heterocycles. The quantitative estimate of drug-likeness (QED) is 0.906. The zero-order chi connectivity index (χ0) is 13.1. The van der Waals surface area contributed by atoms with E-state index >= 15 is 0 Å². The summed E-state index contributed by atoms with van der Waals surface area (Å²) in [5.74, 6) is -0.173. The van der Waals surface area contributed by atoms with Gasteiger partial charge >= 0.3 is 0 Å². The Balaban J connectivity index is 2.37. The van der Waals surface area contributed by atoms with E-state index in [4.69, 9.17) is 9.84 Å². The Bertz CT molecular complexity index is 570. The first-order valence-electron chi connectivity index (χ1n) is 5.61. The molecule has 4 heteroatoms. The minimum atomic E-state index is -0.624. The largest absolute Gasteiger partial charge is 0.436 e. The first-order chi connectivity index (χ1) is 8.63. The second kappa shape index (κ2) is 5.14. The molecule has 0 aliphatic rings. The van der Waals surface area contributed by atoms with Crippen molar-refractivity contribution in [3.63, 3.8) is 0 Å². The van der Waals surface area contributed by atoms with Gasteiger partial charge in [0.05, 0.1) is 6.61 Å². The molecule has 0 radical (unpaired) electrons. The Hall–Kier alpha value is -1.94. The fourth-order valence-electron chi connectivity index (χ4n) is 1.59. The first-order valence-corrected chi connectivity index (χ1v) is 5.61. The lowest BCUT2D eigenvalue weighted by Gasteiger charge is -2.11. The third-order valence-electron chi connectivity index (χ3n) is 2.87. The highest BCUT2D eigenvalue weighted by Gasteiger charge is 2.12. The number of hydrogen-bond acceptors (Lipinski definition) is 3. The number of ether oxygens (including phenoxy) is 1. The molecule has 2 rings (SSSR count). The molecule has 0 spiro atoms. The van der Waals surface area contributed by atoms with Gasteiger partial charge in [-0.1, -0.05) is 12.1 Å². The normalized spacial score (nSPS) is 10.4. The molecule has 0 bridgehead atoms. The van der Waals surface area contributed by atoms with Crippen LogP contribution in [0.3, 0.4) is 0 Å². The van der Waals surface area contributed by atoms with E-state index in [0.717, 1.165) is 11.1 Å². The van der Waals surface area contributed by atoms with Gasteiger partial charge in [-0.05, 0) is 37.1 Å². The van der Waals surface area contributed by atoms with E-state index in [2.05, 4.69) is 4.98 Å². The Kier molecular flexibility index (Phi) is 3.58. The number of nitrogens with zero attached hydrogens (tertiary/aromatic N) is 1. The number of aliphatic hydroxyl groups excluding tert-OH is 1. The van der Waals surface area contributed by atoms with Crippen LogP contribution in [0.1, 0.15) is 16.7 Å². The highest BCUT2D eigenvalue weighted by Crippen LogP contribution is 2.28. The molecule has 0 saturated heterocycles. The van der Waals surface area contributed by atoms with Crippen LogP contribution in [0.2, 0.25) is 0 Å². The maximum absolute atomic E-state index is 13.8. The van der Waals surface area contributed by atoms with Crippen molar-refractivity contribution >= 4 is 0 Å². The fraction of sp³-hybridized carbons (Fsp3) is 0.214. The average molecular weight is 247 g/mol. The highest BCUT2D eigenvalue weighted by molar-refractivity contribution is 5.40. The molecule has 0 aliphatic heterocycles. The maximum atomic E-state index is 13.8. The van der Waals surface area contributed by atoms with Gasteiger partial charge in [-0.25, -0.2) is 9.37 Å². The number of halogens is 1. The lowest BCUT2D eigenvalue weighted by molar-refractivity contribution is 0.273. The Morgan fingerprint density at radius 3 is 2.78 bits per heavy atom. The summed E-state index contributed by atoms with van der Waals surface area (Å²) in [6, 6.07) is 6.97. The molecule has 1 aromatic carbocycles. The lowest BCUT2D eigenvalue weighted by atomic mass is 10.1. The number of aryl methyl sites for hydroxylation is 1. The van der Waals surface area contributed by atoms with Crippen LogP contribution in [-0.4, -0.2) is 10.1 Å². The van der Waals surface area contributed by atoms with Crippen LogP contribution in [0, 0.1) is 19.7 Å². The molecule has 2 aromatic rings. The molecular formula is C14H14FNO2. The van der Waals surface area contributed by atoms with Gasteiger partial charge in [0, 0.05) is 11.8 Å². The van der Waals surface area contributed by atoms with Gasteiger partial charge in [-0.3, -0.25) is 0 Å². The van der Waals surface area contributed by atoms with Crippen molar-refractivity contribution in [2.45, 2.75) is 20.5 Å². The van der Waals surface area contributed by atoms with Crippen molar-refractivity contribution in [3.8, 4) is 11.6 Å². The summed E-state index contributed by atoms with van der Waals surface area (Å²) in [4.78, 5) is 3.84. The molecule has 0 amide bonds. The van der Waals surface area contributed by atoms with Crippen LogP contribution in [0.4, 0.5) is 4.39 Å². The number of aliphatic hydroxyl groups is 1. The number of rotatable bonds is 3. The topological polar surface area (TPSA) is 42.4 Å². The first kappa shape index (κ1) is 12.5. The monoisotopic (exact) mass is 247 g/mol. The summed E-state index contributed by atoms with van der Waals surface area (Å²) in [6.07, 6.45) is 1.41. The van der Waals surface area contributed by atoms with Crippen molar-refractivity contribution in [2.24, 2.45) is 0 Å². The SMILES string of the molecule is Cc1cccc(Oc2nccc(CO)c2F)c1C. The van der Waals surface area contributed by atoms with Gasteiger partial charge < -0.3 is 9.84 Å². The zero-order valence-electron chi connectivity index (χ0n) is 10.3. The van der Waals surface area contributed by atoms with E-state index in [1.165, 1.54) is 12.3 Å². The average Bonchev–Trinajstić information content (AvgIpc) is 2.37. The van der Waals surface area contributed by atoms with Crippen molar-refractivity contribution in [1.82, 2.24) is 4.98 Å². The number of pyridine rings is 1. The van der Waals surface area contributed by atoms with Crippen molar-refractivity contribution in [1.29, 1.82) is 0 Å². The zero-order valence-corrected chi connectivity index (χ0v) is 10.3. The van der Waals surface area contributed by atoms with Gasteiger partial charge in [-0.15, -0.1) is 0 Å². The second-order valence-corrected chi connectivity index (χ2v) is 4.05. The predicted octanol–water partition coefficient (Wildman–Crippen LogP) is 3.12. The highest BCUT2D eigenvalue weighted by atomic mass is 19.1. The fourth-order valence-corrected chi connectivity index (χ4v) is 1.59. The summed E-state index contributed by atoms with van der Waals surface area (Å²) in [6.45, 7) is 3.48. The molecule has 0 unspecified atom stereocenters. The number of aromatic nitrogens is 1. The van der Waals surface area contributed by atoms with Crippen LogP contribution in [0.15, 0.2) is 30.5 Å². The predicted molar refractivity (Wildman–Crippen MR) is 66.1 cm³/mol. The van der Waals surface area contributed by atoms with Crippen LogP contribution < -0.4 is 4.74 Å². The number of hydrogen-bond donors (Lipinski definition) is 1. The van der Waals surface area contributed by atoms with E-state index in [1.54, 1.807) is 6.07 Å². The molecule has 94 valence electrons. The van der Waals surface area contributed by atoms with E-state index in [1.807, 2.05) is 26.0 Å². The third kappa shape index (κ3) is 2.33. The van der Waals surface area contributed by atoms with Crippen LogP contribution in [0.25, 0.3) is 0 Å². The lowest BCUT2D eigenvalue weighted by Crippen LogP contribution is -1.98. The Morgan fingerprint density at radius 2 is 2.06 bits per heavy atom. The minimum absolute atomic E-state index is 0.116. The van der Waals surface area contributed by atoms with Crippen LogP contribution in [-0.2, 0) is 6.61 Å². The molecule has 0 atom stereocenters. The smallest absolute Gasteiger partial charge is 0.256 e. The summed E-state index contributed by atoms with van der Waals surface area (Å²) in [5.41, 5.74) is 2.17. The van der Waals surface area contributed by atoms with Crippen molar-refractivity contribution in [3.05, 3.63) is 53.0 Å². The Labute approximate surface area is 105 Å². The molecule has 0 saturated carbocycles. The van der Waals surface area contributed by atoms with Gasteiger partial charge in [0.1, 0.15) is 5.75 Å². The molecule has 0 fully saturated rings. The maximum Gasteiger partial charge on any atom is 0.256 e. The van der Waals surface area contributed by atoms with Crippen LogP contribution >= 0.6 is 0 Å². The van der Waals surface area contributed by atoms with Crippen LogP contribution in [0.5, 0.6) is 11.6 Å². The van der Waals surface area contributed by atoms with E-state index in [-0.39, 0.29) is 18.1 Å². The summed E-state index contributed by atoms with van der Waals surface area (Å²) in [7, 11) is 0. The van der Waals surface area contributed by atoms with Gasteiger partial charge in [0.2, 0.25) is 0 Å². The molecular weight excluding hydrogens is 233 g/mol. The molecule has 3 nitrogen and oxygen atoms in total. The Morgan fingerprint density at radius 1 is 1.28 bits per heavy atom. The van der Waals surface area contributed by atoms with Gasteiger partial charge in [-0.2, -0.15) is 0 Å². The second-order valence-electron chi connectivity index (χ2n) is 4.05. The summed E-state index contributed by atoms with van der Waals surface area (Å²) < 4.78 is 19.3. The number of benzene rings is 1. The third-order valence-corrected chi connectivity index (χ3v) is 2.87. The van der Waals surface area contributed by atoms with Crippen molar-refractivity contribution in [2.75, 3.05) is 0 Å². The van der Waals surface area contributed by atoms with Gasteiger partial charge in [0.15, 0.2) is 5.82 Å². The van der Waals surface area contributed by atoms with E-state index < -0.39 is 5.82 Å². The summed E-state index contributed by atoms with van der Waals surface area (Å²) in [5, 5.41) is 8.98. The molecule has 18 heavy (non-hydrogen) atoms. The standard InChI is InChI=1S/C14H14FNO2/c1-9-4-3-5-12(10(9)2)18-14-13(15)11(8-17)6-7-16-14/h3-7,17H,8H2,1-2H3. The van der Waals surface area contributed by atoms with Gasteiger partial charge in [0.25, 0.3) is 5.88 Å².